The van der Waals surface area contributed by atoms with Gasteiger partial charge in [-0.3, -0.25) is 9.59 Å². The van der Waals surface area contributed by atoms with Crippen molar-refractivity contribution in [2.24, 2.45) is 0 Å². The Balaban J connectivity index is 1.48. The van der Waals surface area contributed by atoms with E-state index in [0.717, 1.165) is 24.1 Å². The molecule has 1 aromatic heterocycles. The Morgan fingerprint density at radius 2 is 1.82 bits per heavy atom. The maximum Gasteiger partial charge on any atom is 0.250 e. The third-order valence-corrected chi connectivity index (χ3v) is 6.11. The smallest absolute Gasteiger partial charge is 0.250 e. The quantitative estimate of drug-likeness (QED) is 0.805. The summed E-state index contributed by atoms with van der Waals surface area (Å²) in [5.41, 5.74) is -0.216. The van der Waals surface area contributed by atoms with E-state index in [9.17, 15) is 9.59 Å². The Kier molecular flexibility index (Phi) is 5.52. The van der Waals surface area contributed by atoms with Crippen molar-refractivity contribution in [2.45, 2.75) is 44.1 Å². The van der Waals surface area contributed by atoms with Gasteiger partial charge in [-0.25, -0.2) is 0 Å². The number of fused-ring (bicyclic) bond motifs is 1. The molecule has 7 heteroatoms. The molecular formula is C21H24N2O4S. The fraction of sp³-hybridized carbons (Fsp3) is 0.429. The van der Waals surface area contributed by atoms with Gasteiger partial charge in [-0.2, -0.15) is 0 Å². The van der Waals surface area contributed by atoms with Gasteiger partial charge in [0.25, 0.3) is 0 Å². The van der Waals surface area contributed by atoms with E-state index in [1.807, 2.05) is 17.5 Å². The normalized spacial score (nSPS) is 17.6. The average molecular weight is 401 g/mol. The predicted octanol–water partition coefficient (Wildman–Crippen LogP) is 3.52. The molecule has 2 aliphatic rings. The van der Waals surface area contributed by atoms with E-state index in [0.29, 0.717) is 49.7 Å². The van der Waals surface area contributed by atoms with Crippen LogP contribution < -0.4 is 20.1 Å². The number of thiophene rings is 1. The number of benzene rings is 1. The molecule has 2 amide bonds. The SMILES string of the molecule is O=C(Cc1cccs1)NC1(C(=O)Nc2ccc3c(c2)OCCO3)CCCCC1. The summed E-state index contributed by atoms with van der Waals surface area (Å²) in [6, 6.07) is 9.24. The van der Waals surface area contributed by atoms with Crippen LogP contribution in [0.3, 0.4) is 0 Å². The maximum absolute atomic E-state index is 13.2. The Morgan fingerprint density at radius 3 is 2.57 bits per heavy atom. The van der Waals surface area contributed by atoms with Crippen molar-refractivity contribution in [3.05, 3.63) is 40.6 Å². The zero-order valence-electron chi connectivity index (χ0n) is 15.7. The first-order valence-corrected chi connectivity index (χ1v) is 10.6. The topological polar surface area (TPSA) is 76.7 Å². The summed E-state index contributed by atoms with van der Waals surface area (Å²) in [5.74, 6) is 1.04. The number of anilines is 1. The summed E-state index contributed by atoms with van der Waals surface area (Å²) in [6.45, 7) is 1.02. The van der Waals surface area contributed by atoms with Crippen LogP contribution >= 0.6 is 11.3 Å². The van der Waals surface area contributed by atoms with Crippen molar-refractivity contribution in [3.63, 3.8) is 0 Å². The highest BCUT2D eigenvalue weighted by Crippen LogP contribution is 2.34. The standard InChI is InChI=1S/C21H24N2O4S/c24-19(14-16-5-4-12-28-16)23-21(8-2-1-3-9-21)20(25)22-15-6-7-17-18(13-15)27-11-10-26-17/h4-7,12-13H,1-3,8-11,14H2,(H,22,25)(H,23,24). The van der Waals surface area contributed by atoms with Gasteiger partial charge in [-0.1, -0.05) is 25.3 Å². The number of rotatable bonds is 5. The predicted molar refractivity (Wildman–Crippen MR) is 108 cm³/mol. The zero-order chi connectivity index (χ0) is 19.4. The highest BCUT2D eigenvalue weighted by atomic mass is 32.1. The largest absolute Gasteiger partial charge is 0.486 e. The molecule has 0 spiro atoms. The van der Waals surface area contributed by atoms with Crippen molar-refractivity contribution in [1.29, 1.82) is 0 Å². The summed E-state index contributed by atoms with van der Waals surface area (Å²) in [7, 11) is 0. The van der Waals surface area contributed by atoms with Crippen LogP contribution in [0.5, 0.6) is 11.5 Å². The van der Waals surface area contributed by atoms with Crippen molar-refractivity contribution in [2.75, 3.05) is 18.5 Å². The number of hydrogen-bond donors (Lipinski definition) is 2. The summed E-state index contributed by atoms with van der Waals surface area (Å²) in [4.78, 5) is 26.8. The first-order chi connectivity index (χ1) is 13.6. The van der Waals surface area contributed by atoms with Crippen LogP contribution in [0.25, 0.3) is 0 Å². The van der Waals surface area contributed by atoms with Gasteiger partial charge in [0.05, 0.1) is 6.42 Å². The minimum Gasteiger partial charge on any atom is -0.486 e. The molecule has 1 aliphatic heterocycles. The summed E-state index contributed by atoms with van der Waals surface area (Å²) >= 11 is 1.55. The highest BCUT2D eigenvalue weighted by molar-refractivity contribution is 7.10. The number of ether oxygens (including phenoxy) is 2. The lowest BCUT2D eigenvalue weighted by Gasteiger charge is -2.36. The second-order valence-corrected chi connectivity index (χ2v) is 8.29. The van der Waals surface area contributed by atoms with Gasteiger partial charge in [0.15, 0.2) is 11.5 Å². The monoisotopic (exact) mass is 400 g/mol. The van der Waals surface area contributed by atoms with E-state index in [-0.39, 0.29) is 11.8 Å². The number of amides is 2. The third kappa shape index (κ3) is 4.14. The van der Waals surface area contributed by atoms with Gasteiger partial charge in [-0.05, 0) is 36.4 Å². The average Bonchev–Trinajstić information content (AvgIpc) is 3.21. The summed E-state index contributed by atoms with van der Waals surface area (Å²) in [6.07, 6.45) is 4.54. The van der Waals surface area contributed by atoms with E-state index < -0.39 is 5.54 Å². The van der Waals surface area contributed by atoms with Gasteiger partial charge in [0.1, 0.15) is 18.8 Å². The molecule has 1 saturated carbocycles. The van der Waals surface area contributed by atoms with Gasteiger partial charge >= 0.3 is 0 Å². The summed E-state index contributed by atoms with van der Waals surface area (Å²) < 4.78 is 11.1. The van der Waals surface area contributed by atoms with Crippen LogP contribution in [0.1, 0.15) is 37.0 Å². The van der Waals surface area contributed by atoms with Gasteiger partial charge < -0.3 is 20.1 Å². The van der Waals surface area contributed by atoms with E-state index in [4.69, 9.17) is 9.47 Å². The minimum atomic E-state index is -0.861. The van der Waals surface area contributed by atoms with Crippen LogP contribution in [-0.4, -0.2) is 30.6 Å². The lowest BCUT2D eigenvalue weighted by atomic mass is 9.80. The molecule has 1 aromatic carbocycles. The van der Waals surface area contributed by atoms with Crippen LogP contribution in [0, 0.1) is 0 Å². The first kappa shape index (κ1) is 18.8. The highest BCUT2D eigenvalue weighted by Gasteiger charge is 2.41. The molecule has 2 heterocycles. The lowest BCUT2D eigenvalue weighted by Crippen LogP contribution is -2.58. The van der Waals surface area contributed by atoms with Crippen molar-refractivity contribution in [3.8, 4) is 11.5 Å². The Hall–Kier alpha value is -2.54. The molecule has 6 nitrogen and oxygen atoms in total. The molecular weight excluding hydrogens is 376 g/mol. The fourth-order valence-electron chi connectivity index (χ4n) is 3.82. The number of carbonyl (C=O) groups excluding carboxylic acids is 2. The maximum atomic E-state index is 13.2. The third-order valence-electron chi connectivity index (χ3n) is 5.24. The minimum absolute atomic E-state index is 0.110. The van der Waals surface area contributed by atoms with Gasteiger partial charge in [0.2, 0.25) is 11.8 Å². The van der Waals surface area contributed by atoms with Crippen molar-refractivity contribution in [1.82, 2.24) is 5.32 Å². The molecule has 0 saturated heterocycles. The van der Waals surface area contributed by atoms with E-state index in [1.54, 1.807) is 29.5 Å². The molecule has 4 rings (SSSR count). The second-order valence-electron chi connectivity index (χ2n) is 7.26. The zero-order valence-corrected chi connectivity index (χ0v) is 16.5. The van der Waals surface area contributed by atoms with Crippen molar-refractivity contribution < 1.29 is 19.1 Å². The second kappa shape index (κ2) is 8.22. The molecule has 0 bridgehead atoms. The van der Waals surface area contributed by atoms with E-state index in [2.05, 4.69) is 10.6 Å². The number of nitrogens with one attached hydrogen (secondary N) is 2. The van der Waals surface area contributed by atoms with E-state index >= 15 is 0 Å². The van der Waals surface area contributed by atoms with Crippen LogP contribution in [0.15, 0.2) is 35.7 Å². The molecule has 2 N–H and O–H groups in total. The van der Waals surface area contributed by atoms with Crippen LogP contribution in [0.2, 0.25) is 0 Å². The Morgan fingerprint density at radius 1 is 1.04 bits per heavy atom. The van der Waals surface area contributed by atoms with Crippen LogP contribution in [0.4, 0.5) is 5.69 Å². The Labute approximate surface area is 168 Å². The van der Waals surface area contributed by atoms with Crippen molar-refractivity contribution >= 4 is 28.8 Å². The molecule has 148 valence electrons. The molecule has 0 unspecified atom stereocenters. The number of carbonyl (C=O) groups is 2. The molecule has 0 atom stereocenters. The molecule has 2 aromatic rings. The Bertz CT molecular complexity index is 844. The fourth-order valence-corrected chi connectivity index (χ4v) is 4.52. The lowest BCUT2D eigenvalue weighted by molar-refractivity contribution is -0.131. The van der Waals surface area contributed by atoms with E-state index in [1.165, 1.54) is 0 Å². The molecule has 1 aliphatic carbocycles. The summed E-state index contributed by atoms with van der Waals surface area (Å²) in [5, 5.41) is 7.98. The van der Waals surface area contributed by atoms with Gasteiger partial charge in [-0.15, -0.1) is 11.3 Å². The molecule has 0 radical (unpaired) electrons. The van der Waals surface area contributed by atoms with Crippen LogP contribution in [-0.2, 0) is 16.0 Å². The number of hydrogen-bond acceptors (Lipinski definition) is 5. The molecule has 28 heavy (non-hydrogen) atoms. The van der Waals surface area contributed by atoms with Gasteiger partial charge in [0, 0.05) is 16.6 Å². The first-order valence-electron chi connectivity index (χ1n) is 9.69. The molecule has 1 fully saturated rings.